The van der Waals surface area contributed by atoms with Crippen LogP contribution in [0.3, 0.4) is 0 Å². The fourth-order valence-electron chi connectivity index (χ4n) is 4.91. The van der Waals surface area contributed by atoms with E-state index in [0.29, 0.717) is 11.6 Å². The first-order chi connectivity index (χ1) is 13.2. The van der Waals surface area contributed by atoms with Crippen LogP contribution in [0.15, 0.2) is 65.1 Å². The van der Waals surface area contributed by atoms with E-state index in [2.05, 4.69) is 17.1 Å². The topological polar surface area (TPSA) is 63.4 Å². The third-order valence-corrected chi connectivity index (χ3v) is 6.14. The van der Waals surface area contributed by atoms with Crippen LogP contribution in [0, 0.1) is 23.7 Å². The zero-order valence-corrected chi connectivity index (χ0v) is 14.4. The molecule has 0 radical (unpaired) electrons. The minimum absolute atomic E-state index is 0.0588. The molecule has 27 heavy (non-hydrogen) atoms. The summed E-state index contributed by atoms with van der Waals surface area (Å²) in [6.07, 6.45) is 5.16. The summed E-state index contributed by atoms with van der Waals surface area (Å²) in [5.41, 5.74) is 2.98. The highest BCUT2D eigenvalue weighted by atomic mass is 16.3. The number of hydrogen-bond donors (Lipinski definition) is 0. The van der Waals surface area contributed by atoms with E-state index in [1.54, 1.807) is 12.1 Å². The molecule has 2 amide bonds. The molecular formula is C22H16N2O3. The van der Waals surface area contributed by atoms with E-state index in [-0.39, 0.29) is 35.5 Å². The second kappa shape index (κ2) is 5.16. The zero-order chi connectivity index (χ0) is 18.1. The van der Waals surface area contributed by atoms with E-state index >= 15 is 0 Å². The van der Waals surface area contributed by atoms with Crippen LogP contribution in [-0.4, -0.2) is 16.8 Å². The number of oxazole rings is 1. The van der Waals surface area contributed by atoms with Gasteiger partial charge in [-0.15, -0.1) is 0 Å². The van der Waals surface area contributed by atoms with Crippen LogP contribution in [0.1, 0.15) is 6.42 Å². The van der Waals surface area contributed by atoms with Gasteiger partial charge in [0.2, 0.25) is 17.7 Å². The minimum atomic E-state index is -0.177. The van der Waals surface area contributed by atoms with Crippen molar-refractivity contribution in [2.45, 2.75) is 6.42 Å². The SMILES string of the molecule is O=C1[C@@H]2[C@H](C(=O)N1c1ccc(-c3nc4ccccc4o3)cc1)[C@H]1C=C[C@@H]2C1. The van der Waals surface area contributed by atoms with E-state index in [9.17, 15) is 9.59 Å². The first-order valence-corrected chi connectivity index (χ1v) is 9.23. The Labute approximate surface area is 155 Å². The minimum Gasteiger partial charge on any atom is -0.436 e. The number of nitrogens with zero attached hydrogens (tertiary/aromatic N) is 2. The first kappa shape index (κ1) is 14.9. The van der Waals surface area contributed by atoms with E-state index < -0.39 is 0 Å². The van der Waals surface area contributed by atoms with Gasteiger partial charge in [-0.2, -0.15) is 0 Å². The van der Waals surface area contributed by atoms with Gasteiger partial charge >= 0.3 is 0 Å². The molecule has 2 heterocycles. The van der Waals surface area contributed by atoms with Gasteiger partial charge in [0.1, 0.15) is 5.52 Å². The summed E-state index contributed by atoms with van der Waals surface area (Å²) in [4.78, 5) is 31.7. The van der Waals surface area contributed by atoms with Gasteiger partial charge in [0.15, 0.2) is 5.58 Å². The molecule has 0 unspecified atom stereocenters. The van der Waals surface area contributed by atoms with Gasteiger partial charge < -0.3 is 4.42 Å². The van der Waals surface area contributed by atoms with Crippen LogP contribution in [0.4, 0.5) is 5.69 Å². The van der Waals surface area contributed by atoms with Gasteiger partial charge in [-0.1, -0.05) is 24.3 Å². The molecule has 1 aromatic heterocycles. The Morgan fingerprint density at radius 3 is 2.22 bits per heavy atom. The van der Waals surface area contributed by atoms with E-state index in [4.69, 9.17) is 4.42 Å². The monoisotopic (exact) mass is 356 g/mol. The quantitative estimate of drug-likeness (QED) is 0.517. The molecule has 1 aliphatic heterocycles. The smallest absolute Gasteiger partial charge is 0.238 e. The van der Waals surface area contributed by atoms with Crippen molar-refractivity contribution >= 4 is 28.6 Å². The van der Waals surface area contributed by atoms with Gasteiger partial charge in [-0.3, -0.25) is 14.5 Å². The van der Waals surface area contributed by atoms with E-state index in [0.717, 1.165) is 23.1 Å². The molecule has 2 aliphatic carbocycles. The highest BCUT2D eigenvalue weighted by Gasteiger charge is 2.59. The summed E-state index contributed by atoms with van der Waals surface area (Å²) >= 11 is 0. The number of imide groups is 1. The lowest BCUT2D eigenvalue weighted by atomic mass is 9.85. The second-order valence-corrected chi connectivity index (χ2v) is 7.55. The molecule has 6 rings (SSSR count). The number of amides is 2. The lowest BCUT2D eigenvalue weighted by molar-refractivity contribution is -0.123. The van der Waals surface area contributed by atoms with Gasteiger partial charge in [0, 0.05) is 5.56 Å². The summed E-state index contributed by atoms with van der Waals surface area (Å²) in [5.74, 6) is 0.503. The van der Waals surface area contributed by atoms with Crippen molar-refractivity contribution in [1.82, 2.24) is 4.98 Å². The molecule has 2 aromatic carbocycles. The zero-order valence-electron chi connectivity index (χ0n) is 14.4. The molecule has 2 bridgehead atoms. The number of anilines is 1. The number of fused-ring (bicyclic) bond motifs is 6. The first-order valence-electron chi connectivity index (χ1n) is 9.23. The van der Waals surface area contributed by atoms with Crippen molar-refractivity contribution in [2.24, 2.45) is 23.7 Å². The van der Waals surface area contributed by atoms with Crippen LogP contribution in [0.25, 0.3) is 22.6 Å². The summed E-state index contributed by atoms with van der Waals surface area (Å²) in [6.45, 7) is 0. The number of carbonyl (C=O) groups excluding carboxylic acids is 2. The Balaban J connectivity index is 1.33. The highest BCUT2D eigenvalue weighted by Crippen LogP contribution is 2.53. The van der Waals surface area contributed by atoms with Crippen LogP contribution in [0.2, 0.25) is 0 Å². The summed E-state index contributed by atoms with van der Waals surface area (Å²) in [6, 6.07) is 14.9. The summed E-state index contributed by atoms with van der Waals surface area (Å²) < 4.78 is 5.79. The van der Waals surface area contributed by atoms with E-state index in [1.165, 1.54) is 4.90 Å². The third kappa shape index (κ3) is 1.97. The van der Waals surface area contributed by atoms with Crippen molar-refractivity contribution in [3.8, 4) is 11.5 Å². The fraction of sp³-hybridized carbons (Fsp3) is 0.227. The van der Waals surface area contributed by atoms with Crippen LogP contribution >= 0.6 is 0 Å². The maximum atomic E-state index is 12.9. The maximum Gasteiger partial charge on any atom is 0.238 e. The van der Waals surface area contributed by atoms with Gasteiger partial charge in [-0.05, 0) is 54.7 Å². The van der Waals surface area contributed by atoms with Crippen molar-refractivity contribution in [3.63, 3.8) is 0 Å². The number of benzene rings is 2. The predicted molar refractivity (Wildman–Crippen MR) is 99.7 cm³/mol. The Morgan fingerprint density at radius 1 is 0.889 bits per heavy atom. The molecule has 3 aromatic rings. The third-order valence-electron chi connectivity index (χ3n) is 6.14. The molecule has 4 atom stereocenters. The lowest BCUT2D eigenvalue weighted by Gasteiger charge is -2.17. The van der Waals surface area contributed by atoms with Crippen molar-refractivity contribution in [1.29, 1.82) is 0 Å². The van der Waals surface area contributed by atoms with Crippen molar-refractivity contribution < 1.29 is 14.0 Å². The largest absolute Gasteiger partial charge is 0.436 e. The molecule has 2 fully saturated rings. The molecular weight excluding hydrogens is 340 g/mol. The highest BCUT2D eigenvalue weighted by molar-refractivity contribution is 6.22. The molecule has 0 spiro atoms. The number of rotatable bonds is 2. The Kier molecular flexibility index (Phi) is 2.85. The molecule has 1 saturated heterocycles. The van der Waals surface area contributed by atoms with Crippen molar-refractivity contribution in [3.05, 3.63) is 60.7 Å². The molecule has 0 N–H and O–H groups in total. The summed E-state index contributed by atoms with van der Waals surface area (Å²) in [7, 11) is 0. The average Bonchev–Trinajstić information content (AvgIpc) is 3.45. The number of allylic oxidation sites excluding steroid dienone is 2. The molecule has 5 heteroatoms. The average molecular weight is 356 g/mol. The number of aromatic nitrogens is 1. The Morgan fingerprint density at radius 2 is 1.56 bits per heavy atom. The lowest BCUT2D eigenvalue weighted by Crippen LogP contribution is -2.32. The Bertz CT molecular complexity index is 1060. The summed E-state index contributed by atoms with van der Waals surface area (Å²) in [5, 5.41) is 0. The van der Waals surface area contributed by atoms with Gasteiger partial charge in [0.25, 0.3) is 0 Å². The van der Waals surface area contributed by atoms with Crippen LogP contribution in [0.5, 0.6) is 0 Å². The fourth-order valence-corrected chi connectivity index (χ4v) is 4.91. The molecule has 1 saturated carbocycles. The van der Waals surface area contributed by atoms with Crippen molar-refractivity contribution in [2.75, 3.05) is 4.90 Å². The van der Waals surface area contributed by atoms with Crippen LogP contribution in [-0.2, 0) is 9.59 Å². The maximum absolute atomic E-state index is 12.9. The standard InChI is InChI=1S/C22H16N2O3/c25-21-18-13-5-6-14(11-13)19(18)22(26)24(21)15-9-7-12(8-10-15)20-23-16-3-1-2-4-17(16)27-20/h1-10,13-14,18-19H,11H2/t13-,14+,18+,19-. The number of hydrogen-bond acceptors (Lipinski definition) is 4. The molecule has 132 valence electrons. The number of carbonyl (C=O) groups is 2. The van der Waals surface area contributed by atoms with Crippen LogP contribution < -0.4 is 4.90 Å². The normalized spacial score (nSPS) is 28.5. The molecule has 3 aliphatic rings. The van der Waals surface area contributed by atoms with Gasteiger partial charge in [-0.25, -0.2) is 4.98 Å². The molecule has 5 nitrogen and oxygen atoms in total. The number of para-hydroxylation sites is 2. The second-order valence-electron chi connectivity index (χ2n) is 7.55. The predicted octanol–water partition coefficient (Wildman–Crippen LogP) is 3.81. The van der Waals surface area contributed by atoms with E-state index in [1.807, 2.05) is 36.4 Å². The van der Waals surface area contributed by atoms with Gasteiger partial charge in [0.05, 0.1) is 17.5 Å². The Hall–Kier alpha value is -3.21.